The van der Waals surface area contributed by atoms with E-state index in [9.17, 15) is 0 Å². The van der Waals surface area contributed by atoms with Crippen LogP contribution in [-0.2, 0) is 20.1 Å². The van der Waals surface area contributed by atoms with Crippen LogP contribution in [0.3, 0.4) is 0 Å². The third-order valence-corrected chi connectivity index (χ3v) is 5.01. The molecule has 0 amide bonds. The maximum atomic E-state index is 4.62. The Labute approximate surface area is 158 Å². The van der Waals surface area contributed by atoms with Crippen molar-refractivity contribution in [2.45, 2.75) is 20.8 Å². The van der Waals surface area contributed by atoms with Crippen molar-refractivity contribution < 1.29 is 20.1 Å². The number of aryl methyl sites for hydroxylation is 3. The van der Waals surface area contributed by atoms with Gasteiger partial charge in [0.25, 0.3) is 0 Å². The summed E-state index contributed by atoms with van der Waals surface area (Å²) in [6, 6.07) is 13.7. The molecule has 2 aromatic carbocycles. The molecule has 0 spiro atoms. The van der Waals surface area contributed by atoms with E-state index in [4.69, 9.17) is 0 Å². The van der Waals surface area contributed by atoms with Crippen LogP contribution in [0, 0.1) is 26.8 Å². The maximum Gasteiger partial charge on any atom is 0.0796 e. The normalized spacial score (nSPS) is 10.8. The van der Waals surface area contributed by atoms with Gasteiger partial charge in [-0.3, -0.25) is 9.97 Å². The summed E-state index contributed by atoms with van der Waals surface area (Å²) < 4.78 is 3.30. The number of nitrogens with zero attached hydrogens (tertiary/aromatic N) is 3. The quantitative estimate of drug-likeness (QED) is 0.360. The van der Waals surface area contributed by atoms with Gasteiger partial charge in [-0.25, -0.2) is 0 Å². The minimum absolute atomic E-state index is 0. The third kappa shape index (κ3) is 2.73. The van der Waals surface area contributed by atoms with Gasteiger partial charge < -0.3 is 4.57 Å². The first-order valence-corrected chi connectivity index (χ1v) is 8.35. The molecule has 123 valence electrons. The van der Waals surface area contributed by atoms with Crippen LogP contribution < -0.4 is 0 Å². The molecule has 0 fully saturated rings. The van der Waals surface area contributed by atoms with Gasteiger partial charge in [0.05, 0.1) is 10.8 Å². The largest absolute Gasteiger partial charge is 0.339 e. The molecular formula is C19H16IrN3S-. The Bertz CT molecular complexity index is 996. The summed E-state index contributed by atoms with van der Waals surface area (Å²) >= 11 is 1.69. The monoisotopic (exact) mass is 511 g/mol. The van der Waals surface area contributed by atoms with Gasteiger partial charge >= 0.3 is 0 Å². The van der Waals surface area contributed by atoms with Gasteiger partial charge in [0.2, 0.25) is 0 Å². The average molecular weight is 511 g/mol. The second kappa shape index (κ2) is 6.59. The molecule has 0 atom stereocenters. The summed E-state index contributed by atoms with van der Waals surface area (Å²) in [5.74, 6) is 0.914. The zero-order chi connectivity index (χ0) is 16.0. The van der Waals surface area contributed by atoms with Crippen molar-refractivity contribution in [2.75, 3.05) is 0 Å². The van der Waals surface area contributed by atoms with Crippen LogP contribution in [0.1, 0.15) is 16.1 Å². The number of hydrogen-bond acceptors (Lipinski definition) is 3. The van der Waals surface area contributed by atoms with Gasteiger partial charge in [-0.05, 0) is 42.1 Å². The molecule has 0 saturated carbocycles. The maximum absolute atomic E-state index is 4.62. The van der Waals surface area contributed by atoms with E-state index in [2.05, 4.69) is 52.6 Å². The standard InChI is InChI=1S/C19H16N3S.Ir/c1-12-6-4-7-13(2)17(12)22-11-10-20-19(22)15-8-5-9-16-18(15)23-14(3)21-16;/h4-7,9-11H,1-3H3;/q-1;. The Morgan fingerprint density at radius 1 is 1.08 bits per heavy atom. The number of thiazole rings is 1. The molecule has 0 aliphatic rings. The molecule has 0 saturated heterocycles. The third-order valence-electron chi connectivity index (χ3n) is 4.00. The Morgan fingerprint density at radius 2 is 1.83 bits per heavy atom. The van der Waals surface area contributed by atoms with E-state index in [1.165, 1.54) is 16.8 Å². The minimum Gasteiger partial charge on any atom is -0.339 e. The van der Waals surface area contributed by atoms with Crippen molar-refractivity contribution in [3.8, 4) is 17.1 Å². The fraction of sp³-hybridized carbons (Fsp3) is 0.158. The van der Waals surface area contributed by atoms with Gasteiger partial charge in [0, 0.05) is 38.2 Å². The van der Waals surface area contributed by atoms with Crippen LogP contribution in [0.5, 0.6) is 0 Å². The first kappa shape index (κ1) is 17.0. The fourth-order valence-corrected chi connectivity index (χ4v) is 3.94. The van der Waals surface area contributed by atoms with Crippen molar-refractivity contribution in [3.63, 3.8) is 0 Å². The number of hydrogen-bond donors (Lipinski definition) is 0. The predicted molar refractivity (Wildman–Crippen MR) is 95.2 cm³/mol. The van der Waals surface area contributed by atoms with Crippen LogP contribution in [0.2, 0.25) is 0 Å². The number of para-hydroxylation sites is 1. The Morgan fingerprint density at radius 3 is 2.58 bits per heavy atom. The molecule has 5 heteroatoms. The molecule has 0 bridgehead atoms. The van der Waals surface area contributed by atoms with E-state index >= 15 is 0 Å². The summed E-state index contributed by atoms with van der Waals surface area (Å²) in [7, 11) is 0. The molecule has 2 heterocycles. The summed E-state index contributed by atoms with van der Waals surface area (Å²) in [5, 5.41) is 1.06. The number of imidazole rings is 1. The second-order valence-corrected chi connectivity index (χ2v) is 6.86. The molecule has 0 unspecified atom stereocenters. The van der Waals surface area contributed by atoms with Crippen LogP contribution >= 0.6 is 11.3 Å². The smallest absolute Gasteiger partial charge is 0.0796 e. The van der Waals surface area contributed by atoms with Gasteiger partial charge in [0.15, 0.2) is 0 Å². The van der Waals surface area contributed by atoms with Crippen LogP contribution in [0.4, 0.5) is 0 Å². The minimum atomic E-state index is 0. The van der Waals surface area contributed by atoms with E-state index in [0.29, 0.717) is 0 Å². The molecule has 4 aromatic rings. The molecule has 1 radical (unpaired) electrons. The Balaban J connectivity index is 0.00000169. The van der Waals surface area contributed by atoms with Crippen LogP contribution in [0.15, 0.2) is 42.7 Å². The first-order valence-electron chi connectivity index (χ1n) is 7.53. The Hall–Kier alpha value is -1.81. The van der Waals surface area contributed by atoms with E-state index in [-0.39, 0.29) is 20.1 Å². The molecule has 2 aromatic heterocycles. The van der Waals surface area contributed by atoms with E-state index in [1.54, 1.807) is 11.3 Å². The Kier molecular flexibility index (Phi) is 4.68. The predicted octanol–water partition coefficient (Wildman–Crippen LogP) is 4.87. The van der Waals surface area contributed by atoms with E-state index < -0.39 is 0 Å². The molecule has 4 rings (SSSR count). The molecule has 0 N–H and O–H groups in total. The zero-order valence-corrected chi connectivity index (χ0v) is 16.8. The number of aromatic nitrogens is 3. The van der Waals surface area contributed by atoms with E-state index in [0.717, 1.165) is 26.6 Å². The number of fused-ring (bicyclic) bond motifs is 1. The van der Waals surface area contributed by atoms with Gasteiger partial charge in [-0.2, -0.15) is 11.3 Å². The summed E-state index contributed by atoms with van der Waals surface area (Å²) in [5.41, 5.74) is 5.68. The van der Waals surface area contributed by atoms with Gasteiger partial charge in [-0.15, -0.1) is 18.2 Å². The van der Waals surface area contributed by atoms with Crippen molar-refractivity contribution in [2.24, 2.45) is 0 Å². The molecule has 0 aliphatic heterocycles. The SMILES string of the molecule is Cc1nc2cc[c-]c(-c3nccn3-c3c(C)cccc3C)c2s1.[Ir]. The summed E-state index contributed by atoms with van der Waals surface area (Å²) in [6.45, 7) is 6.30. The molecular weight excluding hydrogens is 495 g/mol. The zero-order valence-electron chi connectivity index (χ0n) is 13.6. The molecule has 0 aliphatic carbocycles. The second-order valence-electron chi connectivity index (χ2n) is 5.66. The van der Waals surface area contributed by atoms with Crippen LogP contribution in [-0.4, -0.2) is 14.5 Å². The molecule has 24 heavy (non-hydrogen) atoms. The first-order chi connectivity index (χ1) is 11.1. The van der Waals surface area contributed by atoms with Crippen molar-refractivity contribution in [1.29, 1.82) is 0 Å². The van der Waals surface area contributed by atoms with Crippen molar-refractivity contribution in [1.82, 2.24) is 14.5 Å². The molecule has 3 nitrogen and oxygen atoms in total. The number of rotatable bonds is 2. The van der Waals surface area contributed by atoms with Crippen LogP contribution in [0.25, 0.3) is 27.3 Å². The van der Waals surface area contributed by atoms with Crippen molar-refractivity contribution in [3.05, 3.63) is 64.9 Å². The topological polar surface area (TPSA) is 30.7 Å². The van der Waals surface area contributed by atoms with Gasteiger partial charge in [-0.1, -0.05) is 23.8 Å². The van der Waals surface area contributed by atoms with E-state index in [1.807, 2.05) is 31.5 Å². The average Bonchev–Trinajstić information content (AvgIpc) is 3.12. The summed E-state index contributed by atoms with van der Waals surface area (Å²) in [6.07, 6.45) is 3.87. The fourth-order valence-electron chi connectivity index (χ4n) is 3.03. The van der Waals surface area contributed by atoms with Crippen molar-refractivity contribution >= 4 is 21.6 Å². The van der Waals surface area contributed by atoms with Gasteiger partial charge in [0.1, 0.15) is 0 Å². The summed E-state index contributed by atoms with van der Waals surface area (Å²) in [4.78, 5) is 9.20. The number of benzene rings is 2.